The van der Waals surface area contributed by atoms with Gasteiger partial charge in [0.05, 0.1) is 22.0 Å². The molecule has 5 nitrogen and oxygen atoms in total. The summed E-state index contributed by atoms with van der Waals surface area (Å²) >= 11 is 7.41. The number of thiophene rings is 1. The average molecular weight is 392 g/mol. The van der Waals surface area contributed by atoms with Gasteiger partial charge in [0.1, 0.15) is 5.82 Å². The number of carbonyl (C=O) groups is 1. The van der Waals surface area contributed by atoms with Crippen LogP contribution in [0.15, 0.2) is 30.5 Å². The van der Waals surface area contributed by atoms with Crippen LogP contribution in [0.1, 0.15) is 27.4 Å². The maximum absolute atomic E-state index is 12.4. The second-order valence-electron chi connectivity index (χ2n) is 7.29. The number of rotatable bonds is 3. The Bertz CT molecular complexity index is 794. The predicted octanol–water partition coefficient (Wildman–Crippen LogP) is 3.11. The zero-order valence-electron chi connectivity index (χ0n) is 14.6. The first kappa shape index (κ1) is 17.8. The van der Waals surface area contributed by atoms with Gasteiger partial charge < -0.3 is 15.3 Å². The molecule has 7 heteroatoms. The molecule has 0 radical (unpaired) electrons. The molecule has 0 aromatic carbocycles. The molecule has 1 saturated carbocycles. The van der Waals surface area contributed by atoms with Crippen molar-refractivity contribution in [2.45, 2.75) is 31.9 Å². The number of fused-ring (bicyclic) bond motifs is 1. The Kier molecular flexibility index (Phi) is 4.90. The molecule has 2 N–H and O–H groups in total. The minimum Gasteiger partial charge on any atom is -0.391 e. The van der Waals surface area contributed by atoms with Crippen LogP contribution in [0.2, 0.25) is 5.02 Å². The maximum atomic E-state index is 12.4. The molecule has 4 atom stereocenters. The van der Waals surface area contributed by atoms with E-state index in [9.17, 15) is 9.90 Å². The number of pyridine rings is 1. The van der Waals surface area contributed by atoms with Crippen molar-refractivity contribution < 1.29 is 9.90 Å². The number of carbonyl (C=O) groups excluding carboxylic acids is 1. The highest BCUT2D eigenvalue weighted by Crippen LogP contribution is 2.38. The van der Waals surface area contributed by atoms with E-state index in [1.807, 2.05) is 31.2 Å². The number of aliphatic hydroxyl groups excluding tert-OH is 1. The number of aliphatic hydroxyl groups is 1. The minimum absolute atomic E-state index is 0.0835. The highest BCUT2D eigenvalue weighted by molar-refractivity contribution is 7.13. The minimum atomic E-state index is -0.501. The van der Waals surface area contributed by atoms with Crippen LogP contribution in [0.5, 0.6) is 0 Å². The molecule has 2 aromatic rings. The summed E-state index contributed by atoms with van der Waals surface area (Å²) < 4.78 is 0. The molecular weight excluding hydrogens is 370 g/mol. The molecule has 1 aliphatic carbocycles. The highest BCUT2D eigenvalue weighted by atomic mass is 35.5. The van der Waals surface area contributed by atoms with Crippen LogP contribution in [-0.4, -0.2) is 41.2 Å². The van der Waals surface area contributed by atoms with Crippen LogP contribution in [-0.2, 0) is 0 Å². The number of nitrogens with zero attached hydrogens (tertiary/aromatic N) is 2. The first-order valence-electron chi connectivity index (χ1n) is 8.91. The van der Waals surface area contributed by atoms with Gasteiger partial charge in [0.2, 0.25) is 0 Å². The highest BCUT2D eigenvalue weighted by Gasteiger charge is 2.42. The number of amides is 1. The SMILES string of the molecule is Cc1ccc(C(=O)N[C@H]2C[C@H]3CN(c4ccc(Cl)cn4)C[C@H]3C[C@@H]2O)s1. The third-order valence-corrected chi connectivity index (χ3v) is 6.68. The lowest BCUT2D eigenvalue weighted by molar-refractivity contribution is 0.0463. The van der Waals surface area contributed by atoms with Crippen molar-refractivity contribution in [1.82, 2.24) is 10.3 Å². The Labute approximate surface area is 162 Å². The molecule has 1 amide bonds. The smallest absolute Gasteiger partial charge is 0.261 e. The van der Waals surface area contributed by atoms with E-state index >= 15 is 0 Å². The molecule has 26 heavy (non-hydrogen) atoms. The van der Waals surface area contributed by atoms with Gasteiger partial charge in [0, 0.05) is 24.2 Å². The summed E-state index contributed by atoms with van der Waals surface area (Å²) in [5.74, 6) is 1.72. The van der Waals surface area contributed by atoms with E-state index in [0.717, 1.165) is 30.2 Å². The first-order chi connectivity index (χ1) is 12.5. The van der Waals surface area contributed by atoms with E-state index in [4.69, 9.17) is 11.6 Å². The Morgan fingerprint density at radius 2 is 2.04 bits per heavy atom. The summed E-state index contributed by atoms with van der Waals surface area (Å²) in [4.78, 5) is 20.9. The van der Waals surface area contributed by atoms with E-state index in [1.165, 1.54) is 11.3 Å². The Balaban J connectivity index is 1.41. The van der Waals surface area contributed by atoms with Crippen LogP contribution in [0, 0.1) is 18.8 Å². The maximum Gasteiger partial charge on any atom is 0.261 e. The van der Waals surface area contributed by atoms with Crippen molar-refractivity contribution in [1.29, 1.82) is 0 Å². The molecular formula is C19H22ClN3O2S. The monoisotopic (exact) mass is 391 g/mol. The number of nitrogens with one attached hydrogen (secondary N) is 1. The van der Waals surface area contributed by atoms with Crippen LogP contribution in [0.25, 0.3) is 0 Å². The lowest BCUT2D eigenvalue weighted by Crippen LogP contribution is -2.49. The fraction of sp³-hybridized carbons (Fsp3) is 0.474. The molecule has 0 bridgehead atoms. The van der Waals surface area contributed by atoms with Gasteiger partial charge in [0.25, 0.3) is 5.91 Å². The Hall–Kier alpha value is -1.63. The van der Waals surface area contributed by atoms with Crippen LogP contribution < -0.4 is 10.2 Å². The lowest BCUT2D eigenvalue weighted by Gasteiger charge is -2.35. The third-order valence-electron chi connectivity index (χ3n) is 5.46. The normalized spacial score (nSPS) is 28.0. The van der Waals surface area contributed by atoms with Crippen molar-refractivity contribution in [2.24, 2.45) is 11.8 Å². The molecule has 1 saturated heterocycles. The van der Waals surface area contributed by atoms with Crippen molar-refractivity contribution in [3.63, 3.8) is 0 Å². The zero-order chi connectivity index (χ0) is 18.3. The number of halogens is 1. The quantitative estimate of drug-likeness (QED) is 0.843. The van der Waals surface area contributed by atoms with Gasteiger partial charge in [-0.2, -0.15) is 0 Å². The van der Waals surface area contributed by atoms with Crippen LogP contribution >= 0.6 is 22.9 Å². The standard InChI is InChI=1S/C19H22ClN3O2S/c1-11-2-4-17(26-11)19(25)22-15-6-12-9-23(10-13(12)7-16(15)24)18-5-3-14(20)8-21-18/h2-5,8,12-13,15-16,24H,6-7,9-10H2,1H3,(H,22,25)/t12-,13+,15-,16-/m0/s1. The first-order valence-corrected chi connectivity index (χ1v) is 10.1. The van der Waals surface area contributed by atoms with E-state index in [0.29, 0.717) is 28.2 Å². The molecule has 3 heterocycles. The lowest BCUT2D eigenvalue weighted by atomic mass is 9.77. The van der Waals surface area contributed by atoms with Crippen LogP contribution in [0.4, 0.5) is 5.82 Å². The molecule has 2 aliphatic rings. The number of aryl methyl sites for hydroxylation is 1. The molecule has 2 aromatic heterocycles. The van der Waals surface area contributed by atoms with Crippen molar-refractivity contribution in [3.05, 3.63) is 45.2 Å². The largest absolute Gasteiger partial charge is 0.391 e. The molecule has 138 valence electrons. The number of anilines is 1. The predicted molar refractivity (Wildman–Crippen MR) is 104 cm³/mol. The van der Waals surface area contributed by atoms with E-state index in [2.05, 4.69) is 15.2 Å². The summed E-state index contributed by atoms with van der Waals surface area (Å²) in [5, 5.41) is 14.2. The van der Waals surface area contributed by atoms with Gasteiger partial charge in [-0.3, -0.25) is 4.79 Å². The van der Waals surface area contributed by atoms with Gasteiger partial charge in [-0.05, 0) is 55.9 Å². The van der Waals surface area contributed by atoms with E-state index in [1.54, 1.807) is 6.20 Å². The number of hydrogen-bond donors (Lipinski definition) is 2. The van der Waals surface area contributed by atoms with Gasteiger partial charge in [-0.15, -0.1) is 11.3 Å². The van der Waals surface area contributed by atoms with Gasteiger partial charge >= 0.3 is 0 Å². The topological polar surface area (TPSA) is 65.5 Å². The number of aromatic nitrogens is 1. The second-order valence-corrected chi connectivity index (χ2v) is 9.01. The fourth-order valence-electron chi connectivity index (χ4n) is 4.12. The molecule has 4 rings (SSSR count). The summed E-state index contributed by atoms with van der Waals surface area (Å²) in [5.41, 5.74) is 0. The molecule has 0 unspecified atom stereocenters. The van der Waals surface area contributed by atoms with E-state index in [-0.39, 0.29) is 11.9 Å². The molecule has 2 fully saturated rings. The second kappa shape index (κ2) is 7.18. The van der Waals surface area contributed by atoms with Crippen molar-refractivity contribution in [3.8, 4) is 0 Å². The van der Waals surface area contributed by atoms with Crippen molar-refractivity contribution >= 4 is 34.7 Å². The number of hydrogen-bond acceptors (Lipinski definition) is 5. The van der Waals surface area contributed by atoms with Crippen LogP contribution in [0.3, 0.4) is 0 Å². The summed E-state index contributed by atoms with van der Waals surface area (Å²) in [6.07, 6.45) is 2.67. The average Bonchev–Trinajstić information content (AvgIpc) is 3.22. The zero-order valence-corrected chi connectivity index (χ0v) is 16.1. The van der Waals surface area contributed by atoms with Crippen molar-refractivity contribution in [2.75, 3.05) is 18.0 Å². The van der Waals surface area contributed by atoms with E-state index < -0.39 is 6.10 Å². The van der Waals surface area contributed by atoms with Gasteiger partial charge in [-0.1, -0.05) is 11.6 Å². The Morgan fingerprint density at radius 1 is 1.27 bits per heavy atom. The summed E-state index contributed by atoms with van der Waals surface area (Å²) in [7, 11) is 0. The third kappa shape index (κ3) is 3.59. The molecule has 1 aliphatic heterocycles. The van der Waals surface area contributed by atoms with Gasteiger partial charge in [0.15, 0.2) is 0 Å². The fourth-order valence-corrected chi connectivity index (χ4v) is 5.01. The summed E-state index contributed by atoms with van der Waals surface area (Å²) in [6.45, 7) is 3.77. The molecule has 0 spiro atoms. The summed E-state index contributed by atoms with van der Waals surface area (Å²) in [6, 6.07) is 7.39. The Morgan fingerprint density at radius 3 is 2.69 bits per heavy atom. The van der Waals surface area contributed by atoms with Gasteiger partial charge in [-0.25, -0.2) is 4.98 Å².